The summed E-state index contributed by atoms with van der Waals surface area (Å²) >= 11 is 1.33. The summed E-state index contributed by atoms with van der Waals surface area (Å²) in [7, 11) is 0. The Morgan fingerprint density at radius 1 is 1.26 bits per heavy atom. The molecule has 3 aromatic rings. The Hall–Kier alpha value is -2.48. The van der Waals surface area contributed by atoms with Gasteiger partial charge < -0.3 is 10.1 Å². The number of aromatic carboxylic acids is 1. The lowest BCUT2D eigenvalue weighted by Gasteiger charge is -2.02. The van der Waals surface area contributed by atoms with E-state index < -0.39 is 5.97 Å². The van der Waals surface area contributed by atoms with Gasteiger partial charge in [-0.05, 0) is 12.1 Å². The second-order valence-corrected chi connectivity index (χ2v) is 4.63. The van der Waals surface area contributed by atoms with Gasteiger partial charge >= 0.3 is 5.97 Å². The summed E-state index contributed by atoms with van der Waals surface area (Å²) in [5.74, 6) is -1.06. The molecule has 0 aliphatic carbocycles. The van der Waals surface area contributed by atoms with E-state index in [-0.39, 0.29) is 5.69 Å². The summed E-state index contributed by atoms with van der Waals surface area (Å²) in [4.78, 5) is 30.5. The Morgan fingerprint density at radius 3 is 3.00 bits per heavy atom. The van der Waals surface area contributed by atoms with Crippen LogP contribution in [0, 0.1) is 0 Å². The van der Waals surface area contributed by atoms with Crippen LogP contribution in [0.5, 0.6) is 0 Å². The number of nitrogens with zero attached hydrogens (tertiary/aromatic N) is 4. The van der Waals surface area contributed by atoms with Gasteiger partial charge in [-0.3, -0.25) is 0 Å². The van der Waals surface area contributed by atoms with Crippen LogP contribution in [0.15, 0.2) is 40.9 Å². The number of aromatic amines is 1. The van der Waals surface area contributed by atoms with Gasteiger partial charge in [-0.1, -0.05) is 11.8 Å². The zero-order valence-electron chi connectivity index (χ0n) is 9.44. The predicted octanol–water partition coefficient (Wildman–Crippen LogP) is 1.60. The van der Waals surface area contributed by atoms with E-state index in [0.717, 1.165) is 10.4 Å². The highest BCUT2D eigenvalue weighted by Gasteiger charge is 2.10. The van der Waals surface area contributed by atoms with E-state index in [2.05, 4.69) is 24.9 Å². The largest absolute Gasteiger partial charge is 0.477 e. The van der Waals surface area contributed by atoms with Gasteiger partial charge in [0.25, 0.3) is 0 Å². The van der Waals surface area contributed by atoms with Gasteiger partial charge in [-0.2, -0.15) is 0 Å². The number of fused-ring (bicyclic) bond motifs is 1. The van der Waals surface area contributed by atoms with E-state index >= 15 is 0 Å². The van der Waals surface area contributed by atoms with Crippen molar-refractivity contribution in [1.82, 2.24) is 24.9 Å². The zero-order chi connectivity index (χ0) is 13.2. The molecule has 0 fully saturated rings. The standard InChI is InChI=1S/C11H7N5O2S/c17-11(18)7-3-6(1-2-12-7)19-10-8-9(14-4-13-8)15-5-16-10/h1-5H,(H,17,18)(H,13,14,15,16). The molecular weight excluding hydrogens is 266 g/mol. The number of imidazole rings is 1. The Bertz CT molecular complexity index is 757. The number of pyridine rings is 1. The number of nitrogens with one attached hydrogen (secondary N) is 1. The van der Waals surface area contributed by atoms with Crippen LogP contribution in [0.1, 0.15) is 10.5 Å². The molecule has 7 nitrogen and oxygen atoms in total. The maximum absolute atomic E-state index is 10.9. The van der Waals surface area contributed by atoms with E-state index in [9.17, 15) is 4.79 Å². The average Bonchev–Trinajstić information content (AvgIpc) is 2.88. The summed E-state index contributed by atoms with van der Waals surface area (Å²) in [6.45, 7) is 0. The third-order valence-corrected chi connectivity index (χ3v) is 3.35. The number of carboxylic acid groups (broad SMARTS) is 1. The minimum Gasteiger partial charge on any atom is -0.477 e. The van der Waals surface area contributed by atoms with E-state index in [0.29, 0.717) is 10.7 Å². The maximum Gasteiger partial charge on any atom is 0.354 e. The molecule has 3 heterocycles. The number of carboxylic acids is 1. The van der Waals surface area contributed by atoms with Crippen LogP contribution in [-0.2, 0) is 0 Å². The first kappa shape index (κ1) is 11.6. The highest BCUT2D eigenvalue weighted by atomic mass is 32.2. The van der Waals surface area contributed by atoms with Crippen LogP contribution in [0.25, 0.3) is 11.2 Å². The molecule has 0 saturated heterocycles. The monoisotopic (exact) mass is 273 g/mol. The molecule has 0 aromatic carbocycles. The molecule has 0 amide bonds. The lowest BCUT2D eigenvalue weighted by atomic mass is 10.3. The number of hydrogen-bond acceptors (Lipinski definition) is 6. The first-order valence-corrected chi connectivity index (χ1v) is 6.07. The topological polar surface area (TPSA) is 105 Å². The van der Waals surface area contributed by atoms with Crippen molar-refractivity contribution in [2.45, 2.75) is 9.92 Å². The first-order valence-electron chi connectivity index (χ1n) is 5.25. The SMILES string of the molecule is O=C(O)c1cc(Sc2ncnc3nc[nH]c23)ccn1. The molecule has 0 saturated carbocycles. The van der Waals surface area contributed by atoms with E-state index in [4.69, 9.17) is 5.11 Å². The number of carbonyl (C=O) groups is 1. The molecule has 0 spiro atoms. The number of aromatic nitrogens is 5. The van der Waals surface area contributed by atoms with Crippen molar-refractivity contribution < 1.29 is 9.90 Å². The van der Waals surface area contributed by atoms with E-state index in [1.165, 1.54) is 30.4 Å². The molecule has 3 rings (SSSR count). The van der Waals surface area contributed by atoms with Crippen molar-refractivity contribution >= 4 is 28.9 Å². The van der Waals surface area contributed by atoms with E-state index in [1.807, 2.05) is 0 Å². The number of H-pyrrole nitrogens is 1. The van der Waals surface area contributed by atoms with Crippen molar-refractivity contribution in [1.29, 1.82) is 0 Å². The van der Waals surface area contributed by atoms with Gasteiger partial charge in [0.1, 0.15) is 22.6 Å². The van der Waals surface area contributed by atoms with Crippen molar-refractivity contribution in [2.24, 2.45) is 0 Å². The summed E-state index contributed by atoms with van der Waals surface area (Å²) in [6.07, 6.45) is 4.42. The molecule has 0 aliphatic rings. The molecule has 0 radical (unpaired) electrons. The molecule has 0 bridgehead atoms. The third-order valence-electron chi connectivity index (χ3n) is 2.35. The molecule has 0 unspecified atom stereocenters. The Labute approximate surface area is 111 Å². The smallest absolute Gasteiger partial charge is 0.354 e. The second-order valence-electron chi connectivity index (χ2n) is 3.56. The van der Waals surface area contributed by atoms with Crippen molar-refractivity contribution in [3.63, 3.8) is 0 Å². The Morgan fingerprint density at radius 2 is 2.16 bits per heavy atom. The molecule has 0 atom stereocenters. The van der Waals surface area contributed by atoms with Crippen LogP contribution in [0.4, 0.5) is 0 Å². The fourth-order valence-electron chi connectivity index (χ4n) is 1.52. The molecule has 19 heavy (non-hydrogen) atoms. The van der Waals surface area contributed by atoms with Crippen molar-refractivity contribution in [3.8, 4) is 0 Å². The number of hydrogen-bond donors (Lipinski definition) is 2. The van der Waals surface area contributed by atoms with Crippen LogP contribution >= 0.6 is 11.8 Å². The van der Waals surface area contributed by atoms with E-state index in [1.54, 1.807) is 12.4 Å². The quantitative estimate of drug-likeness (QED) is 0.698. The summed E-state index contributed by atoms with van der Waals surface area (Å²) in [5, 5.41) is 9.59. The minimum absolute atomic E-state index is 0.0000827. The van der Waals surface area contributed by atoms with Crippen LogP contribution in [-0.4, -0.2) is 36.0 Å². The molecule has 8 heteroatoms. The highest BCUT2D eigenvalue weighted by molar-refractivity contribution is 7.99. The summed E-state index contributed by atoms with van der Waals surface area (Å²) < 4.78 is 0. The molecule has 2 N–H and O–H groups in total. The van der Waals surface area contributed by atoms with Gasteiger partial charge in [0, 0.05) is 11.1 Å². The maximum atomic E-state index is 10.9. The summed E-state index contributed by atoms with van der Waals surface area (Å²) in [6, 6.07) is 3.22. The molecule has 3 aromatic heterocycles. The lowest BCUT2D eigenvalue weighted by Crippen LogP contribution is -1.99. The third kappa shape index (κ3) is 2.25. The molecular formula is C11H7N5O2S. The highest BCUT2D eigenvalue weighted by Crippen LogP contribution is 2.29. The van der Waals surface area contributed by atoms with Crippen molar-refractivity contribution in [3.05, 3.63) is 36.7 Å². The fourth-order valence-corrected chi connectivity index (χ4v) is 2.40. The predicted molar refractivity (Wildman–Crippen MR) is 67.0 cm³/mol. The Balaban J connectivity index is 1.99. The number of rotatable bonds is 3. The average molecular weight is 273 g/mol. The lowest BCUT2D eigenvalue weighted by molar-refractivity contribution is 0.0690. The molecule has 0 aliphatic heterocycles. The summed E-state index contributed by atoms with van der Waals surface area (Å²) in [5.41, 5.74) is 1.30. The van der Waals surface area contributed by atoms with Gasteiger partial charge in [0.05, 0.1) is 6.33 Å². The zero-order valence-corrected chi connectivity index (χ0v) is 10.3. The van der Waals surface area contributed by atoms with Crippen LogP contribution in [0.2, 0.25) is 0 Å². The Kier molecular flexibility index (Phi) is 2.84. The normalized spacial score (nSPS) is 10.7. The molecule has 94 valence electrons. The second kappa shape index (κ2) is 4.65. The van der Waals surface area contributed by atoms with Crippen LogP contribution in [0.3, 0.4) is 0 Å². The minimum atomic E-state index is -1.06. The van der Waals surface area contributed by atoms with Gasteiger partial charge in [0.15, 0.2) is 5.65 Å². The fraction of sp³-hybridized carbons (Fsp3) is 0. The van der Waals surface area contributed by atoms with Crippen LogP contribution < -0.4 is 0 Å². The van der Waals surface area contributed by atoms with Gasteiger partial charge in [0.2, 0.25) is 0 Å². The van der Waals surface area contributed by atoms with Crippen molar-refractivity contribution in [2.75, 3.05) is 0 Å². The van der Waals surface area contributed by atoms with Gasteiger partial charge in [-0.15, -0.1) is 0 Å². The van der Waals surface area contributed by atoms with Gasteiger partial charge in [-0.25, -0.2) is 24.7 Å². The first-order chi connectivity index (χ1) is 9.24.